The third kappa shape index (κ3) is 4.38. The number of aromatic nitrogens is 3. The zero-order valence-corrected chi connectivity index (χ0v) is 15.0. The van der Waals surface area contributed by atoms with Crippen molar-refractivity contribution >= 4 is 17.5 Å². The molecule has 1 unspecified atom stereocenters. The number of hydrogen-bond acceptors (Lipinski definition) is 4. The molecule has 1 aromatic heterocycles. The van der Waals surface area contributed by atoms with E-state index < -0.39 is 23.9 Å². The number of carbonyl (C=O) groups is 2. The standard InChI is InChI=1S/C18H18F3N5O2/c1-11(16-23-17(25-24-16)18(19,20)21)22-14(27)8-9-15(28)26-10-4-6-12-5-2-3-7-13(12)26/h2-3,5,7-9,11H,4,6,10H2,1H3,(H,22,27)(H,23,24,25)/b9-8+. The van der Waals surface area contributed by atoms with E-state index >= 15 is 0 Å². The predicted octanol–water partition coefficient (Wildman–Crippen LogP) is 2.54. The normalized spacial score (nSPS) is 15.4. The second kappa shape index (κ2) is 7.83. The second-order valence-electron chi connectivity index (χ2n) is 6.33. The molecular weight excluding hydrogens is 375 g/mol. The summed E-state index contributed by atoms with van der Waals surface area (Å²) in [6.45, 7) is 2.01. The Morgan fingerprint density at radius 1 is 1.29 bits per heavy atom. The van der Waals surface area contributed by atoms with E-state index in [1.54, 1.807) is 4.90 Å². The monoisotopic (exact) mass is 393 g/mol. The first-order valence-corrected chi connectivity index (χ1v) is 8.63. The minimum atomic E-state index is -4.67. The van der Waals surface area contributed by atoms with Crippen LogP contribution < -0.4 is 10.2 Å². The maximum Gasteiger partial charge on any atom is 0.453 e. The maximum absolute atomic E-state index is 12.5. The topological polar surface area (TPSA) is 91.0 Å². The van der Waals surface area contributed by atoms with Crippen LogP contribution in [0.15, 0.2) is 36.4 Å². The van der Waals surface area contributed by atoms with E-state index in [0.29, 0.717) is 6.54 Å². The Morgan fingerprint density at radius 2 is 2.04 bits per heavy atom. The van der Waals surface area contributed by atoms with E-state index in [2.05, 4.69) is 20.5 Å². The van der Waals surface area contributed by atoms with Gasteiger partial charge in [-0.1, -0.05) is 18.2 Å². The molecule has 0 saturated carbocycles. The van der Waals surface area contributed by atoms with Crippen LogP contribution in [0.3, 0.4) is 0 Å². The molecule has 2 N–H and O–H groups in total. The van der Waals surface area contributed by atoms with Gasteiger partial charge in [0.05, 0.1) is 6.04 Å². The largest absolute Gasteiger partial charge is 0.453 e. The molecule has 2 amide bonds. The molecule has 1 atom stereocenters. The molecule has 0 fully saturated rings. The summed E-state index contributed by atoms with van der Waals surface area (Å²) in [5, 5.41) is 7.67. The summed E-state index contributed by atoms with van der Waals surface area (Å²) in [6, 6.07) is 6.72. The summed E-state index contributed by atoms with van der Waals surface area (Å²) >= 11 is 0. The molecule has 2 heterocycles. The number of nitrogens with zero attached hydrogens (tertiary/aromatic N) is 3. The lowest BCUT2D eigenvalue weighted by Gasteiger charge is -2.28. The van der Waals surface area contributed by atoms with Crippen LogP contribution in [-0.2, 0) is 22.2 Å². The van der Waals surface area contributed by atoms with Crippen LogP contribution in [-0.4, -0.2) is 33.5 Å². The van der Waals surface area contributed by atoms with Crippen molar-refractivity contribution in [1.29, 1.82) is 0 Å². The molecule has 1 aromatic carbocycles. The number of hydrogen-bond donors (Lipinski definition) is 2. The number of halogens is 3. The number of aromatic amines is 1. The van der Waals surface area contributed by atoms with Crippen LogP contribution in [0.5, 0.6) is 0 Å². The van der Waals surface area contributed by atoms with Gasteiger partial charge in [0.25, 0.3) is 11.7 Å². The van der Waals surface area contributed by atoms with E-state index in [-0.39, 0.29) is 11.7 Å². The molecule has 1 aliphatic rings. The summed E-state index contributed by atoms with van der Waals surface area (Å²) in [5.74, 6) is -2.41. The number of rotatable bonds is 4. The van der Waals surface area contributed by atoms with E-state index in [9.17, 15) is 22.8 Å². The highest BCUT2D eigenvalue weighted by Crippen LogP contribution is 2.27. The molecule has 3 rings (SSSR count). The van der Waals surface area contributed by atoms with Crippen molar-refractivity contribution in [3.63, 3.8) is 0 Å². The summed E-state index contributed by atoms with van der Waals surface area (Å²) in [7, 11) is 0. The average Bonchev–Trinajstić information content (AvgIpc) is 3.16. The van der Waals surface area contributed by atoms with Gasteiger partial charge in [0, 0.05) is 24.4 Å². The highest BCUT2D eigenvalue weighted by molar-refractivity contribution is 6.05. The number of H-pyrrole nitrogens is 1. The number of amides is 2. The van der Waals surface area contributed by atoms with Gasteiger partial charge in [-0.2, -0.15) is 13.2 Å². The fourth-order valence-electron chi connectivity index (χ4n) is 2.92. The van der Waals surface area contributed by atoms with Crippen molar-refractivity contribution in [2.24, 2.45) is 0 Å². The number of anilines is 1. The van der Waals surface area contributed by atoms with Crippen LogP contribution in [0.2, 0.25) is 0 Å². The Labute approximate surface area is 158 Å². The third-order valence-corrected chi connectivity index (χ3v) is 4.28. The first-order valence-electron chi connectivity index (χ1n) is 8.63. The highest BCUT2D eigenvalue weighted by Gasteiger charge is 2.36. The van der Waals surface area contributed by atoms with Crippen LogP contribution in [0.4, 0.5) is 18.9 Å². The summed E-state index contributed by atoms with van der Waals surface area (Å²) in [5.41, 5.74) is 1.89. The summed E-state index contributed by atoms with van der Waals surface area (Å²) in [4.78, 5) is 29.4. The molecule has 2 aromatic rings. The van der Waals surface area contributed by atoms with Crippen molar-refractivity contribution in [1.82, 2.24) is 20.5 Å². The predicted molar refractivity (Wildman–Crippen MR) is 94.2 cm³/mol. The van der Waals surface area contributed by atoms with E-state index in [1.165, 1.54) is 6.92 Å². The van der Waals surface area contributed by atoms with Gasteiger partial charge in [-0.05, 0) is 31.4 Å². The van der Waals surface area contributed by atoms with Gasteiger partial charge in [-0.25, -0.2) is 4.98 Å². The van der Waals surface area contributed by atoms with Gasteiger partial charge in [0.15, 0.2) is 0 Å². The van der Waals surface area contributed by atoms with Gasteiger partial charge in [-0.3, -0.25) is 14.7 Å². The van der Waals surface area contributed by atoms with Crippen molar-refractivity contribution in [3.8, 4) is 0 Å². The number of nitrogens with one attached hydrogen (secondary N) is 2. The van der Waals surface area contributed by atoms with Crippen molar-refractivity contribution in [2.45, 2.75) is 32.0 Å². The SMILES string of the molecule is CC(NC(=O)/C=C/C(=O)N1CCCc2ccccc21)c1nc(C(F)(F)F)n[nH]1. The van der Waals surface area contributed by atoms with Crippen molar-refractivity contribution < 1.29 is 22.8 Å². The fraction of sp³-hybridized carbons (Fsp3) is 0.333. The number of aryl methyl sites for hydroxylation is 1. The number of fused-ring (bicyclic) bond motifs is 1. The zero-order chi connectivity index (χ0) is 20.3. The minimum Gasteiger partial charge on any atom is -0.343 e. The fourth-order valence-corrected chi connectivity index (χ4v) is 2.92. The van der Waals surface area contributed by atoms with Crippen LogP contribution in [0.25, 0.3) is 0 Å². The second-order valence-corrected chi connectivity index (χ2v) is 6.33. The molecule has 10 heteroatoms. The molecule has 0 radical (unpaired) electrons. The number of benzene rings is 1. The van der Waals surface area contributed by atoms with E-state index in [0.717, 1.165) is 36.2 Å². The quantitative estimate of drug-likeness (QED) is 0.781. The molecule has 28 heavy (non-hydrogen) atoms. The lowest BCUT2D eigenvalue weighted by molar-refractivity contribution is -0.144. The molecule has 0 bridgehead atoms. The van der Waals surface area contributed by atoms with Crippen LogP contribution in [0.1, 0.15) is 36.6 Å². The molecular formula is C18H18F3N5O2. The molecule has 1 aliphatic heterocycles. The number of alkyl halides is 3. The lowest BCUT2D eigenvalue weighted by atomic mass is 10.0. The van der Waals surface area contributed by atoms with Crippen LogP contribution >= 0.6 is 0 Å². The molecule has 7 nitrogen and oxygen atoms in total. The lowest BCUT2D eigenvalue weighted by Crippen LogP contribution is -2.34. The zero-order valence-electron chi connectivity index (χ0n) is 15.0. The van der Waals surface area contributed by atoms with Gasteiger partial charge in [0.1, 0.15) is 5.82 Å². The van der Waals surface area contributed by atoms with Gasteiger partial charge < -0.3 is 10.2 Å². The van der Waals surface area contributed by atoms with Gasteiger partial charge in [0.2, 0.25) is 5.91 Å². The average molecular weight is 393 g/mol. The molecule has 0 spiro atoms. The molecule has 0 aliphatic carbocycles. The highest BCUT2D eigenvalue weighted by atomic mass is 19.4. The van der Waals surface area contributed by atoms with Gasteiger partial charge in [-0.15, -0.1) is 5.10 Å². The Hall–Kier alpha value is -3.17. The van der Waals surface area contributed by atoms with Crippen LogP contribution in [0, 0.1) is 0 Å². The number of para-hydroxylation sites is 1. The van der Waals surface area contributed by atoms with E-state index in [1.807, 2.05) is 24.3 Å². The smallest absolute Gasteiger partial charge is 0.343 e. The Morgan fingerprint density at radius 3 is 2.75 bits per heavy atom. The van der Waals surface area contributed by atoms with Crippen molar-refractivity contribution in [2.75, 3.05) is 11.4 Å². The molecule has 0 saturated heterocycles. The Balaban J connectivity index is 1.61. The number of carbonyl (C=O) groups excluding carboxylic acids is 2. The Bertz CT molecular complexity index is 907. The minimum absolute atomic E-state index is 0.134. The summed E-state index contributed by atoms with van der Waals surface area (Å²) in [6.07, 6.45) is -0.760. The van der Waals surface area contributed by atoms with Gasteiger partial charge >= 0.3 is 6.18 Å². The van der Waals surface area contributed by atoms with E-state index in [4.69, 9.17) is 0 Å². The maximum atomic E-state index is 12.5. The van der Waals surface area contributed by atoms with Crippen molar-refractivity contribution in [3.05, 3.63) is 53.6 Å². The first kappa shape index (κ1) is 19.6. The first-order chi connectivity index (χ1) is 13.3. The molecule has 148 valence electrons. The Kier molecular flexibility index (Phi) is 5.48. The summed E-state index contributed by atoms with van der Waals surface area (Å²) < 4.78 is 37.6. The third-order valence-electron chi connectivity index (χ3n) is 4.28.